The molecule has 1 aromatic rings. The van der Waals surface area contributed by atoms with Gasteiger partial charge in [-0.25, -0.2) is 4.79 Å². The molecule has 2 unspecified atom stereocenters. The zero-order chi connectivity index (χ0) is 15.0. The zero-order valence-electron chi connectivity index (χ0n) is 12.1. The van der Waals surface area contributed by atoms with Crippen molar-refractivity contribution in [1.29, 1.82) is 0 Å². The molecule has 2 saturated heterocycles. The number of aromatic nitrogens is 2. The summed E-state index contributed by atoms with van der Waals surface area (Å²) in [4.78, 5) is 27.9. The van der Waals surface area contributed by atoms with E-state index in [0.29, 0.717) is 12.6 Å². The van der Waals surface area contributed by atoms with Crippen LogP contribution < -0.4 is 22.3 Å². The van der Waals surface area contributed by atoms with E-state index in [9.17, 15) is 9.59 Å². The van der Waals surface area contributed by atoms with Crippen molar-refractivity contribution in [2.24, 2.45) is 7.05 Å². The van der Waals surface area contributed by atoms with E-state index < -0.39 is 11.2 Å². The molecule has 0 radical (unpaired) electrons. The Morgan fingerprint density at radius 1 is 1.48 bits per heavy atom. The number of ether oxygens (including phenoxy) is 1. The number of morpholine rings is 1. The third-order valence-electron chi connectivity index (χ3n) is 4.34. The molecule has 2 fully saturated rings. The average Bonchev–Trinajstić information content (AvgIpc) is 2.92. The van der Waals surface area contributed by atoms with Crippen molar-refractivity contribution in [3.63, 3.8) is 0 Å². The van der Waals surface area contributed by atoms with Gasteiger partial charge in [-0.2, -0.15) is 0 Å². The lowest BCUT2D eigenvalue weighted by molar-refractivity contribution is -0.0415. The quantitative estimate of drug-likeness (QED) is 0.656. The smallest absolute Gasteiger partial charge is 0.329 e. The fourth-order valence-corrected chi connectivity index (χ4v) is 3.03. The minimum absolute atomic E-state index is 0.0235. The van der Waals surface area contributed by atoms with Gasteiger partial charge in [0.15, 0.2) is 0 Å². The summed E-state index contributed by atoms with van der Waals surface area (Å²) in [5.41, 5.74) is 5.03. The molecular formula is C13H21N5O3. The lowest BCUT2D eigenvalue weighted by atomic mass is 10.2. The molecule has 0 aliphatic carbocycles. The van der Waals surface area contributed by atoms with Gasteiger partial charge in [0.2, 0.25) is 0 Å². The van der Waals surface area contributed by atoms with Gasteiger partial charge in [-0.1, -0.05) is 0 Å². The number of anilines is 2. The summed E-state index contributed by atoms with van der Waals surface area (Å²) in [6.45, 7) is 3.22. The third kappa shape index (κ3) is 2.68. The van der Waals surface area contributed by atoms with Gasteiger partial charge in [0.25, 0.3) is 5.56 Å². The average molecular weight is 295 g/mol. The van der Waals surface area contributed by atoms with Crippen LogP contribution in [0.15, 0.2) is 9.59 Å². The van der Waals surface area contributed by atoms with Crippen LogP contribution in [0.25, 0.3) is 0 Å². The molecule has 0 saturated carbocycles. The van der Waals surface area contributed by atoms with Crippen LogP contribution in [0, 0.1) is 0 Å². The minimum Gasteiger partial charge on any atom is -0.383 e. The van der Waals surface area contributed by atoms with Crippen LogP contribution in [0.5, 0.6) is 0 Å². The first-order valence-corrected chi connectivity index (χ1v) is 7.24. The first kappa shape index (κ1) is 14.2. The molecule has 2 aliphatic rings. The fourth-order valence-electron chi connectivity index (χ4n) is 3.03. The monoisotopic (exact) mass is 295 g/mol. The maximum Gasteiger partial charge on any atom is 0.329 e. The summed E-state index contributed by atoms with van der Waals surface area (Å²) < 4.78 is 7.03. The lowest BCUT2D eigenvalue weighted by Gasteiger charge is -2.35. The van der Waals surface area contributed by atoms with E-state index in [-0.39, 0.29) is 17.6 Å². The Kier molecular flexibility index (Phi) is 3.73. The Balaban J connectivity index is 1.67. The largest absolute Gasteiger partial charge is 0.383 e. The molecule has 3 heterocycles. The molecule has 8 nitrogen and oxygen atoms in total. The van der Waals surface area contributed by atoms with E-state index in [1.54, 1.807) is 0 Å². The van der Waals surface area contributed by atoms with E-state index in [0.717, 1.165) is 19.7 Å². The van der Waals surface area contributed by atoms with Crippen LogP contribution >= 0.6 is 0 Å². The molecule has 21 heavy (non-hydrogen) atoms. The van der Waals surface area contributed by atoms with Crippen molar-refractivity contribution in [3.8, 4) is 0 Å². The molecule has 2 atom stereocenters. The minimum atomic E-state index is -0.517. The number of hydrogen-bond acceptors (Lipinski definition) is 6. The number of nitrogens with one attached hydrogen (secondary N) is 2. The van der Waals surface area contributed by atoms with E-state index in [2.05, 4.69) is 15.2 Å². The van der Waals surface area contributed by atoms with Gasteiger partial charge >= 0.3 is 5.69 Å². The van der Waals surface area contributed by atoms with Gasteiger partial charge < -0.3 is 15.8 Å². The summed E-state index contributed by atoms with van der Waals surface area (Å²) in [5, 5.41) is 3.02. The highest BCUT2D eigenvalue weighted by molar-refractivity contribution is 5.60. The van der Waals surface area contributed by atoms with Crippen molar-refractivity contribution < 1.29 is 4.74 Å². The number of H-pyrrole nitrogens is 1. The molecular weight excluding hydrogens is 274 g/mol. The predicted octanol–water partition coefficient (Wildman–Crippen LogP) is -1.07. The first-order chi connectivity index (χ1) is 10.1. The Labute approximate surface area is 121 Å². The zero-order valence-corrected chi connectivity index (χ0v) is 12.1. The second-order valence-electron chi connectivity index (χ2n) is 5.71. The van der Waals surface area contributed by atoms with E-state index in [1.165, 1.54) is 24.5 Å². The predicted molar refractivity (Wildman–Crippen MR) is 79.5 cm³/mol. The van der Waals surface area contributed by atoms with Crippen molar-refractivity contribution in [1.82, 2.24) is 14.5 Å². The van der Waals surface area contributed by atoms with Crippen LogP contribution in [-0.4, -0.2) is 52.8 Å². The topological polar surface area (TPSA) is 105 Å². The van der Waals surface area contributed by atoms with Gasteiger partial charge in [0, 0.05) is 26.2 Å². The number of aromatic amines is 1. The van der Waals surface area contributed by atoms with Crippen LogP contribution in [0.3, 0.4) is 0 Å². The van der Waals surface area contributed by atoms with E-state index >= 15 is 0 Å². The van der Waals surface area contributed by atoms with Crippen LogP contribution in [-0.2, 0) is 11.8 Å². The molecule has 3 rings (SSSR count). The first-order valence-electron chi connectivity index (χ1n) is 7.24. The maximum atomic E-state index is 11.8. The second kappa shape index (κ2) is 5.53. The summed E-state index contributed by atoms with van der Waals surface area (Å²) in [7, 11) is 1.52. The Hall–Kier alpha value is -1.80. The van der Waals surface area contributed by atoms with Gasteiger partial charge in [0.05, 0.1) is 12.7 Å². The normalized spacial score (nSPS) is 25.8. The van der Waals surface area contributed by atoms with Crippen molar-refractivity contribution in [2.75, 3.05) is 37.3 Å². The molecule has 1 aromatic heterocycles. The van der Waals surface area contributed by atoms with Gasteiger partial charge in [-0.15, -0.1) is 0 Å². The SMILES string of the molecule is Cn1c(N)c(NCC2CN3CCCC3CO2)c(=O)[nH]c1=O. The Morgan fingerprint density at radius 2 is 2.29 bits per heavy atom. The lowest BCUT2D eigenvalue weighted by Crippen LogP contribution is -2.48. The number of rotatable bonds is 3. The molecule has 0 spiro atoms. The van der Waals surface area contributed by atoms with Crippen molar-refractivity contribution in [3.05, 3.63) is 20.8 Å². The van der Waals surface area contributed by atoms with E-state index in [4.69, 9.17) is 10.5 Å². The standard InChI is InChI=1S/C13H21N5O3/c1-17-11(14)10(12(19)16-13(17)20)15-5-9-6-18-4-2-3-8(18)7-21-9/h8-9,15H,2-7,14H2,1H3,(H,16,19,20). The molecule has 0 bridgehead atoms. The Morgan fingerprint density at radius 3 is 3.10 bits per heavy atom. The van der Waals surface area contributed by atoms with Crippen LogP contribution in [0.4, 0.5) is 11.5 Å². The summed E-state index contributed by atoms with van der Waals surface area (Å²) in [5.74, 6) is 0.138. The van der Waals surface area contributed by atoms with E-state index in [1.807, 2.05) is 0 Å². The number of nitrogens with two attached hydrogens (primary N) is 1. The summed E-state index contributed by atoms with van der Waals surface area (Å²) >= 11 is 0. The van der Waals surface area contributed by atoms with Crippen molar-refractivity contribution in [2.45, 2.75) is 25.0 Å². The van der Waals surface area contributed by atoms with Gasteiger partial charge in [-0.05, 0) is 19.4 Å². The molecule has 4 N–H and O–H groups in total. The molecule has 8 heteroatoms. The highest BCUT2D eigenvalue weighted by atomic mass is 16.5. The highest BCUT2D eigenvalue weighted by Gasteiger charge is 2.32. The van der Waals surface area contributed by atoms with Gasteiger partial charge in [0.1, 0.15) is 11.5 Å². The van der Waals surface area contributed by atoms with Gasteiger partial charge in [-0.3, -0.25) is 19.2 Å². The summed E-state index contributed by atoms with van der Waals surface area (Å²) in [6, 6.07) is 0.548. The second-order valence-corrected chi connectivity index (χ2v) is 5.71. The summed E-state index contributed by atoms with van der Waals surface area (Å²) in [6.07, 6.45) is 2.45. The highest BCUT2D eigenvalue weighted by Crippen LogP contribution is 2.22. The Bertz CT molecular complexity index is 638. The van der Waals surface area contributed by atoms with Crippen LogP contribution in [0.2, 0.25) is 0 Å². The number of fused-ring (bicyclic) bond motifs is 1. The molecule has 0 aromatic carbocycles. The molecule has 116 valence electrons. The number of nitrogen functional groups attached to an aromatic ring is 1. The molecule has 2 aliphatic heterocycles. The number of hydrogen-bond donors (Lipinski definition) is 3. The maximum absolute atomic E-state index is 11.8. The fraction of sp³-hybridized carbons (Fsp3) is 0.692. The third-order valence-corrected chi connectivity index (χ3v) is 4.34. The van der Waals surface area contributed by atoms with Crippen LogP contribution in [0.1, 0.15) is 12.8 Å². The van der Waals surface area contributed by atoms with Crippen molar-refractivity contribution >= 4 is 11.5 Å². The number of nitrogens with zero attached hydrogens (tertiary/aromatic N) is 2. The molecule has 0 amide bonds.